The molecule has 0 aliphatic heterocycles. The van der Waals surface area contributed by atoms with E-state index in [1.807, 2.05) is 11.8 Å². The number of ether oxygens (including phenoxy) is 1. The highest BCUT2D eigenvalue weighted by atomic mass is 32.2. The van der Waals surface area contributed by atoms with Crippen molar-refractivity contribution in [1.82, 2.24) is 0 Å². The van der Waals surface area contributed by atoms with Gasteiger partial charge in [0.05, 0.1) is 13.7 Å². The van der Waals surface area contributed by atoms with Crippen molar-refractivity contribution in [2.45, 2.75) is 42.8 Å². The van der Waals surface area contributed by atoms with Crippen LogP contribution in [0.15, 0.2) is 17.0 Å². The number of thioether (sulfide) groups is 1. The quantitative estimate of drug-likeness (QED) is 0.891. The molecule has 0 spiro atoms. The average Bonchev–Trinajstić information content (AvgIpc) is 2.27. The summed E-state index contributed by atoms with van der Waals surface area (Å²) >= 11 is 1.83. The van der Waals surface area contributed by atoms with Gasteiger partial charge in [0.1, 0.15) is 5.75 Å². The molecular weight excluding hydrogens is 232 g/mol. The summed E-state index contributed by atoms with van der Waals surface area (Å²) in [6.45, 7) is 4.45. The summed E-state index contributed by atoms with van der Waals surface area (Å²) < 4.78 is 5.39. The Bertz CT molecular complexity index is 405. The minimum absolute atomic E-state index is 0.0752. The maximum absolute atomic E-state index is 9.51. The monoisotopic (exact) mass is 252 g/mol. The van der Waals surface area contributed by atoms with E-state index in [9.17, 15) is 5.11 Å². The summed E-state index contributed by atoms with van der Waals surface area (Å²) in [6.07, 6.45) is 3.49. The van der Waals surface area contributed by atoms with Crippen molar-refractivity contribution >= 4 is 11.8 Å². The number of benzene rings is 1. The fraction of sp³-hybridized carbons (Fsp3) is 0.571. The molecule has 0 amide bonds. The van der Waals surface area contributed by atoms with Crippen molar-refractivity contribution in [3.63, 3.8) is 0 Å². The van der Waals surface area contributed by atoms with Gasteiger partial charge in [0.2, 0.25) is 0 Å². The van der Waals surface area contributed by atoms with E-state index < -0.39 is 0 Å². The molecule has 0 saturated heterocycles. The van der Waals surface area contributed by atoms with Crippen LogP contribution in [0.5, 0.6) is 5.75 Å². The van der Waals surface area contributed by atoms with Crippen LogP contribution in [0, 0.1) is 13.8 Å². The van der Waals surface area contributed by atoms with Crippen LogP contribution in [-0.2, 0) is 0 Å². The lowest BCUT2D eigenvalue weighted by atomic mass is 9.85. The van der Waals surface area contributed by atoms with Gasteiger partial charge in [0.25, 0.3) is 0 Å². The van der Waals surface area contributed by atoms with Crippen LogP contribution in [0.4, 0.5) is 0 Å². The Hall–Kier alpha value is -0.670. The van der Waals surface area contributed by atoms with E-state index >= 15 is 0 Å². The fourth-order valence-corrected chi connectivity index (χ4v) is 3.67. The Morgan fingerprint density at radius 1 is 1.29 bits per heavy atom. The normalized spacial score (nSPS) is 17.6. The molecule has 2 nitrogen and oxygen atoms in total. The average molecular weight is 252 g/mol. The molecule has 0 unspecified atom stereocenters. The van der Waals surface area contributed by atoms with Gasteiger partial charge in [-0.3, -0.25) is 0 Å². The highest BCUT2D eigenvalue weighted by molar-refractivity contribution is 8.00. The van der Waals surface area contributed by atoms with Crippen LogP contribution in [0.2, 0.25) is 0 Å². The molecule has 1 saturated carbocycles. The minimum Gasteiger partial charge on any atom is -0.496 e. The van der Waals surface area contributed by atoms with Crippen molar-refractivity contribution in [3.05, 3.63) is 23.3 Å². The molecule has 1 aliphatic carbocycles. The van der Waals surface area contributed by atoms with E-state index in [-0.39, 0.29) is 11.4 Å². The van der Waals surface area contributed by atoms with Gasteiger partial charge in [-0.1, -0.05) is 6.42 Å². The molecule has 0 aromatic heterocycles. The lowest BCUT2D eigenvalue weighted by Gasteiger charge is -2.40. The Morgan fingerprint density at radius 2 is 2.00 bits per heavy atom. The summed E-state index contributed by atoms with van der Waals surface area (Å²) in [5.41, 5.74) is 2.39. The summed E-state index contributed by atoms with van der Waals surface area (Å²) in [5.74, 6) is 0.943. The standard InChI is InChI=1S/C14H20O2S/c1-10-8-13(11(2)7-12(10)16-3)17-14(9-15)5-4-6-14/h7-8,15H,4-6,9H2,1-3H3. The first kappa shape index (κ1) is 12.8. The van der Waals surface area contributed by atoms with E-state index in [4.69, 9.17) is 4.74 Å². The summed E-state index contributed by atoms with van der Waals surface area (Å²) in [5, 5.41) is 9.51. The van der Waals surface area contributed by atoms with E-state index in [0.29, 0.717) is 0 Å². The third kappa shape index (κ3) is 2.45. The topological polar surface area (TPSA) is 29.5 Å². The second kappa shape index (κ2) is 4.91. The SMILES string of the molecule is COc1cc(C)c(SC2(CO)CCC2)cc1C. The molecule has 17 heavy (non-hydrogen) atoms. The van der Waals surface area contributed by atoms with Crippen molar-refractivity contribution in [3.8, 4) is 5.75 Å². The zero-order chi connectivity index (χ0) is 12.5. The van der Waals surface area contributed by atoms with Gasteiger partial charge < -0.3 is 9.84 Å². The molecule has 1 N–H and O–H groups in total. The lowest BCUT2D eigenvalue weighted by molar-refractivity contribution is 0.191. The van der Waals surface area contributed by atoms with Gasteiger partial charge in [-0.15, -0.1) is 11.8 Å². The predicted molar refractivity (Wildman–Crippen MR) is 72.0 cm³/mol. The number of hydrogen-bond acceptors (Lipinski definition) is 3. The van der Waals surface area contributed by atoms with Crippen molar-refractivity contribution < 1.29 is 9.84 Å². The molecule has 2 rings (SSSR count). The fourth-order valence-electron chi connectivity index (χ4n) is 2.19. The largest absolute Gasteiger partial charge is 0.496 e. The maximum Gasteiger partial charge on any atom is 0.122 e. The minimum atomic E-state index is 0.0752. The predicted octanol–water partition coefficient (Wildman–Crippen LogP) is 3.32. The summed E-state index contributed by atoms with van der Waals surface area (Å²) in [7, 11) is 1.70. The highest BCUT2D eigenvalue weighted by Gasteiger charge is 2.37. The van der Waals surface area contributed by atoms with E-state index in [2.05, 4.69) is 26.0 Å². The number of rotatable bonds is 4. The van der Waals surface area contributed by atoms with Gasteiger partial charge in [-0.25, -0.2) is 0 Å². The first-order valence-electron chi connectivity index (χ1n) is 6.05. The molecule has 1 aliphatic rings. The molecule has 0 bridgehead atoms. The molecule has 1 aromatic carbocycles. The number of hydrogen-bond donors (Lipinski definition) is 1. The number of methoxy groups -OCH3 is 1. The Kier molecular flexibility index (Phi) is 3.69. The van der Waals surface area contributed by atoms with Gasteiger partial charge in [-0.2, -0.15) is 0 Å². The van der Waals surface area contributed by atoms with Crippen LogP contribution in [-0.4, -0.2) is 23.6 Å². The van der Waals surface area contributed by atoms with Gasteiger partial charge >= 0.3 is 0 Å². The smallest absolute Gasteiger partial charge is 0.122 e. The van der Waals surface area contributed by atoms with Gasteiger partial charge in [0, 0.05) is 9.64 Å². The van der Waals surface area contributed by atoms with Crippen LogP contribution >= 0.6 is 11.8 Å². The molecule has 94 valence electrons. The van der Waals surface area contributed by atoms with Gasteiger partial charge in [-0.05, 0) is 49.9 Å². The van der Waals surface area contributed by atoms with E-state index in [1.165, 1.54) is 16.9 Å². The van der Waals surface area contributed by atoms with Crippen molar-refractivity contribution in [1.29, 1.82) is 0 Å². The summed E-state index contributed by atoms with van der Waals surface area (Å²) in [6, 6.07) is 4.26. The zero-order valence-corrected chi connectivity index (χ0v) is 11.6. The van der Waals surface area contributed by atoms with Gasteiger partial charge in [0.15, 0.2) is 0 Å². The molecule has 0 atom stereocenters. The Morgan fingerprint density at radius 3 is 2.47 bits per heavy atom. The second-order valence-electron chi connectivity index (χ2n) is 4.88. The number of aryl methyl sites for hydroxylation is 2. The highest BCUT2D eigenvalue weighted by Crippen LogP contribution is 2.48. The summed E-state index contributed by atoms with van der Waals surface area (Å²) in [4.78, 5) is 1.28. The molecule has 1 aromatic rings. The third-order valence-electron chi connectivity index (χ3n) is 3.57. The van der Waals surface area contributed by atoms with Crippen LogP contribution in [0.25, 0.3) is 0 Å². The first-order chi connectivity index (χ1) is 8.10. The molecular formula is C14H20O2S. The second-order valence-corrected chi connectivity index (χ2v) is 6.39. The first-order valence-corrected chi connectivity index (χ1v) is 6.87. The zero-order valence-electron chi connectivity index (χ0n) is 10.7. The Labute approximate surface area is 107 Å². The molecule has 3 heteroatoms. The Balaban J connectivity index is 2.24. The maximum atomic E-state index is 9.51. The lowest BCUT2D eigenvalue weighted by Crippen LogP contribution is -2.37. The number of aliphatic hydroxyl groups excluding tert-OH is 1. The third-order valence-corrected chi connectivity index (χ3v) is 5.20. The molecule has 1 fully saturated rings. The van der Waals surface area contributed by atoms with Crippen molar-refractivity contribution in [2.24, 2.45) is 0 Å². The molecule has 0 radical (unpaired) electrons. The van der Waals surface area contributed by atoms with Crippen LogP contribution in [0.1, 0.15) is 30.4 Å². The van der Waals surface area contributed by atoms with E-state index in [0.717, 1.165) is 24.2 Å². The van der Waals surface area contributed by atoms with Crippen LogP contribution in [0.3, 0.4) is 0 Å². The molecule has 0 heterocycles. The number of aliphatic hydroxyl groups is 1. The van der Waals surface area contributed by atoms with E-state index in [1.54, 1.807) is 7.11 Å². The van der Waals surface area contributed by atoms with Crippen LogP contribution < -0.4 is 4.74 Å². The van der Waals surface area contributed by atoms with Crippen molar-refractivity contribution in [2.75, 3.05) is 13.7 Å².